The maximum atomic E-state index is 12.5. The second-order valence-corrected chi connectivity index (χ2v) is 4.31. The third kappa shape index (κ3) is 3.76. The number of phenolic OH excluding ortho intramolecular Hbond substituents is 1. The molecule has 0 saturated heterocycles. The molecule has 1 N–H and O–H groups in total. The monoisotopic (exact) mass is 490 g/mol. The van der Waals surface area contributed by atoms with Gasteiger partial charge in [0.25, 0.3) is 0 Å². The minimum absolute atomic E-state index is 0. The Morgan fingerprint density at radius 1 is 1.17 bits per heavy atom. The SMILES string of the molecule is Oc1cc[c-]c(-c2nc(-c3ccc(C(F)(F)F)cn3)no2)c1.[W]. The van der Waals surface area contributed by atoms with Crippen molar-refractivity contribution in [2.45, 2.75) is 6.18 Å². The van der Waals surface area contributed by atoms with Crippen LogP contribution in [0.4, 0.5) is 13.2 Å². The molecular formula is C14H7F3N3O2W-. The van der Waals surface area contributed by atoms with Crippen LogP contribution in [0.2, 0.25) is 0 Å². The first-order chi connectivity index (χ1) is 10.4. The fraction of sp³-hybridized carbons (Fsp3) is 0.0714. The number of alkyl halides is 3. The maximum absolute atomic E-state index is 12.5. The molecular weight excluding hydrogens is 483 g/mol. The first-order valence-electron chi connectivity index (χ1n) is 6.02. The molecule has 0 atom stereocenters. The Kier molecular flexibility index (Phi) is 4.84. The summed E-state index contributed by atoms with van der Waals surface area (Å²) in [5, 5.41) is 13.0. The molecule has 1 aromatic carbocycles. The van der Waals surface area contributed by atoms with Gasteiger partial charge < -0.3 is 9.63 Å². The fourth-order valence-corrected chi connectivity index (χ4v) is 1.71. The van der Waals surface area contributed by atoms with Crippen molar-refractivity contribution in [2.75, 3.05) is 0 Å². The van der Waals surface area contributed by atoms with E-state index in [1.165, 1.54) is 18.2 Å². The number of nitrogens with zero attached hydrogens (tertiary/aromatic N) is 3. The zero-order valence-corrected chi connectivity index (χ0v) is 14.1. The van der Waals surface area contributed by atoms with Crippen molar-refractivity contribution in [2.24, 2.45) is 0 Å². The minimum atomic E-state index is -4.45. The number of halogens is 3. The van der Waals surface area contributed by atoms with Crippen LogP contribution in [-0.2, 0) is 27.2 Å². The summed E-state index contributed by atoms with van der Waals surface area (Å²) in [4.78, 5) is 7.70. The quantitative estimate of drug-likeness (QED) is 0.559. The molecule has 0 aliphatic carbocycles. The van der Waals surface area contributed by atoms with E-state index in [4.69, 9.17) is 4.52 Å². The maximum Gasteiger partial charge on any atom is 0.417 e. The molecule has 0 unspecified atom stereocenters. The number of pyridine rings is 1. The second-order valence-electron chi connectivity index (χ2n) is 4.31. The zero-order valence-electron chi connectivity index (χ0n) is 11.2. The number of aromatic hydroxyl groups is 1. The normalized spacial score (nSPS) is 11.1. The van der Waals surface area contributed by atoms with E-state index in [9.17, 15) is 18.3 Å². The third-order valence-corrected chi connectivity index (χ3v) is 2.76. The Hall–Kier alpha value is -2.21. The number of phenols is 1. The largest absolute Gasteiger partial charge is 0.527 e. The van der Waals surface area contributed by atoms with E-state index in [1.807, 2.05) is 0 Å². The number of benzene rings is 1. The van der Waals surface area contributed by atoms with Crippen LogP contribution in [0.3, 0.4) is 0 Å². The molecule has 0 aliphatic rings. The fourth-order valence-electron chi connectivity index (χ4n) is 1.71. The topological polar surface area (TPSA) is 72.0 Å². The van der Waals surface area contributed by atoms with Crippen LogP contribution in [0.1, 0.15) is 5.56 Å². The Bertz CT molecular complexity index is 804. The molecule has 0 bridgehead atoms. The number of aromatic nitrogens is 3. The smallest absolute Gasteiger partial charge is 0.417 e. The van der Waals surface area contributed by atoms with Crippen LogP contribution >= 0.6 is 0 Å². The van der Waals surface area contributed by atoms with E-state index < -0.39 is 11.7 Å². The molecule has 0 aliphatic heterocycles. The summed E-state index contributed by atoms with van der Waals surface area (Å²) in [7, 11) is 0. The van der Waals surface area contributed by atoms with Gasteiger partial charge >= 0.3 is 6.18 Å². The van der Waals surface area contributed by atoms with Gasteiger partial charge in [-0.1, -0.05) is 16.8 Å². The van der Waals surface area contributed by atoms with Gasteiger partial charge in [-0.25, -0.2) is 4.98 Å². The van der Waals surface area contributed by atoms with Crippen molar-refractivity contribution in [3.05, 3.63) is 48.2 Å². The van der Waals surface area contributed by atoms with Crippen molar-refractivity contribution in [1.82, 2.24) is 15.1 Å². The van der Waals surface area contributed by atoms with Crippen molar-refractivity contribution in [3.8, 4) is 28.7 Å². The van der Waals surface area contributed by atoms with E-state index >= 15 is 0 Å². The zero-order chi connectivity index (χ0) is 15.7. The van der Waals surface area contributed by atoms with Crippen molar-refractivity contribution < 1.29 is 43.9 Å². The molecule has 0 radical (unpaired) electrons. The van der Waals surface area contributed by atoms with E-state index in [-0.39, 0.29) is 44.2 Å². The van der Waals surface area contributed by atoms with Gasteiger partial charge in [-0.2, -0.15) is 13.2 Å². The van der Waals surface area contributed by atoms with Crippen LogP contribution < -0.4 is 0 Å². The average Bonchev–Trinajstić information content (AvgIpc) is 2.96. The van der Waals surface area contributed by atoms with Crippen LogP contribution in [0.15, 0.2) is 41.1 Å². The van der Waals surface area contributed by atoms with Crippen LogP contribution in [0, 0.1) is 6.07 Å². The molecule has 2 heterocycles. The molecule has 2 aromatic heterocycles. The van der Waals surface area contributed by atoms with Crippen LogP contribution in [0.25, 0.3) is 23.0 Å². The van der Waals surface area contributed by atoms with Gasteiger partial charge in [0.2, 0.25) is 5.82 Å². The van der Waals surface area contributed by atoms with Crippen LogP contribution in [0.5, 0.6) is 5.75 Å². The summed E-state index contributed by atoms with van der Waals surface area (Å²) in [6.07, 6.45) is -3.75. The summed E-state index contributed by atoms with van der Waals surface area (Å²) in [5.74, 6) is 0.120. The molecule has 5 nitrogen and oxygen atoms in total. The van der Waals surface area contributed by atoms with E-state index in [1.54, 1.807) is 0 Å². The first kappa shape index (κ1) is 17.1. The molecule has 3 rings (SSSR count). The summed E-state index contributed by atoms with van der Waals surface area (Å²) in [6.45, 7) is 0. The molecule has 0 spiro atoms. The summed E-state index contributed by atoms with van der Waals surface area (Å²) in [5.41, 5.74) is -0.352. The Labute approximate surface area is 142 Å². The van der Waals surface area contributed by atoms with Gasteiger partial charge in [0.15, 0.2) is 5.89 Å². The predicted octanol–water partition coefficient (Wildman–Crippen LogP) is 3.32. The van der Waals surface area contributed by atoms with Crippen molar-refractivity contribution >= 4 is 0 Å². The second kappa shape index (κ2) is 6.50. The summed E-state index contributed by atoms with van der Waals surface area (Å²) in [6, 6.07) is 9.12. The number of hydrogen-bond donors (Lipinski definition) is 1. The molecule has 0 amide bonds. The Morgan fingerprint density at radius 2 is 1.96 bits per heavy atom. The van der Waals surface area contributed by atoms with Gasteiger partial charge in [-0.3, -0.25) is 4.98 Å². The minimum Gasteiger partial charge on any atom is -0.527 e. The molecule has 0 saturated carbocycles. The van der Waals surface area contributed by atoms with E-state index in [0.29, 0.717) is 11.8 Å². The van der Waals surface area contributed by atoms with E-state index in [0.717, 1.165) is 12.1 Å². The molecule has 0 fully saturated rings. The summed E-state index contributed by atoms with van der Waals surface area (Å²) >= 11 is 0. The Balaban J connectivity index is 0.00000192. The molecule has 9 heteroatoms. The van der Waals surface area contributed by atoms with Gasteiger partial charge in [0.05, 0.1) is 5.56 Å². The summed E-state index contributed by atoms with van der Waals surface area (Å²) < 4.78 is 42.4. The van der Waals surface area contributed by atoms with Gasteiger partial charge in [0, 0.05) is 33.0 Å². The molecule has 3 aromatic rings. The number of rotatable bonds is 2. The average molecular weight is 490 g/mol. The van der Waals surface area contributed by atoms with Gasteiger partial charge in [-0.15, -0.1) is 18.2 Å². The third-order valence-electron chi connectivity index (χ3n) is 2.76. The van der Waals surface area contributed by atoms with Crippen LogP contribution in [-0.4, -0.2) is 20.2 Å². The van der Waals surface area contributed by atoms with Gasteiger partial charge in [-0.05, 0) is 12.1 Å². The standard InChI is InChI=1S/C14H7F3N3O2.W/c15-14(16,17)9-4-5-11(18-7-9)12-19-13(22-20-12)8-2-1-3-10(21)6-8;/h1,3-7,21H;/q-1;. The predicted molar refractivity (Wildman–Crippen MR) is 68.5 cm³/mol. The van der Waals surface area contributed by atoms with Gasteiger partial charge in [0.1, 0.15) is 5.69 Å². The molecule has 23 heavy (non-hydrogen) atoms. The van der Waals surface area contributed by atoms with E-state index in [2.05, 4.69) is 21.2 Å². The van der Waals surface area contributed by atoms with Crippen molar-refractivity contribution in [1.29, 1.82) is 0 Å². The van der Waals surface area contributed by atoms with Crippen molar-refractivity contribution in [3.63, 3.8) is 0 Å². The number of hydrogen-bond acceptors (Lipinski definition) is 5. The Morgan fingerprint density at radius 3 is 2.57 bits per heavy atom. The molecule has 118 valence electrons. The first-order valence-corrected chi connectivity index (χ1v) is 6.02.